The molecule has 0 unspecified atom stereocenters. The summed E-state index contributed by atoms with van der Waals surface area (Å²) in [4.78, 5) is 39.7. The smallest absolute Gasteiger partial charge is 0.350 e. The molecule has 0 aromatic carbocycles. The summed E-state index contributed by atoms with van der Waals surface area (Å²) in [6.45, 7) is 1.63. The summed E-state index contributed by atoms with van der Waals surface area (Å²) in [6, 6.07) is 0. The number of anilines is 1. The van der Waals surface area contributed by atoms with E-state index in [1.54, 1.807) is 6.92 Å². The summed E-state index contributed by atoms with van der Waals surface area (Å²) in [5.74, 6) is -4.03. The van der Waals surface area contributed by atoms with Crippen molar-refractivity contribution in [1.82, 2.24) is 4.98 Å². The molecule has 3 rings (SSSR count). The lowest BCUT2D eigenvalue weighted by atomic mass is 9.79. The van der Waals surface area contributed by atoms with Gasteiger partial charge in [0.25, 0.3) is 0 Å². The van der Waals surface area contributed by atoms with E-state index in [2.05, 4.69) is 15.0 Å². The van der Waals surface area contributed by atoms with Crippen LogP contribution in [0.5, 0.6) is 0 Å². The predicted octanol–water partition coefficient (Wildman–Crippen LogP) is -0.280. The van der Waals surface area contributed by atoms with E-state index in [1.807, 2.05) is 0 Å². The van der Waals surface area contributed by atoms with Crippen molar-refractivity contribution in [2.24, 2.45) is 11.8 Å². The van der Waals surface area contributed by atoms with E-state index in [1.165, 1.54) is 7.11 Å². The van der Waals surface area contributed by atoms with Crippen LogP contribution in [0.15, 0.2) is 0 Å². The predicted molar refractivity (Wildman–Crippen MR) is 76.7 cm³/mol. The fraction of sp³-hybridized carbons (Fsp3) is 0.571. The minimum atomic E-state index is -1.28. The second-order valence-electron chi connectivity index (χ2n) is 5.58. The van der Waals surface area contributed by atoms with Crippen molar-refractivity contribution in [3.63, 3.8) is 0 Å². The first-order valence-electron chi connectivity index (χ1n) is 7.15. The molecule has 1 N–H and O–H groups in total. The van der Waals surface area contributed by atoms with Gasteiger partial charge in [0.15, 0.2) is 5.13 Å². The Morgan fingerprint density at radius 3 is 2.57 bits per heavy atom. The molecule has 0 spiro atoms. The number of amides is 1. The van der Waals surface area contributed by atoms with E-state index in [-0.39, 0.29) is 5.13 Å². The number of aromatic nitrogens is 1. The molecule has 1 amide bonds. The number of esters is 1. The van der Waals surface area contributed by atoms with E-state index < -0.39 is 41.9 Å². The lowest BCUT2D eigenvalue weighted by Crippen LogP contribution is -2.46. The highest BCUT2D eigenvalue weighted by Crippen LogP contribution is 2.43. The average molecular weight is 339 g/mol. The number of nitrogens with one attached hydrogen (secondary N) is 1. The van der Waals surface area contributed by atoms with Gasteiger partial charge in [0, 0.05) is 11.9 Å². The van der Waals surface area contributed by atoms with Gasteiger partial charge in [-0.15, -0.1) is 0 Å². The zero-order valence-electron chi connectivity index (χ0n) is 12.5. The Balaban J connectivity index is 1.77. The molecule has 1 aromatic rings. The van der Waals surface area contributed by atoms with Gasteiger partial charge in [-0.1, -0.05) is 11.3 Å². The number of rotatable bonds is 4. The molecule has 0 saturated carbocycles. The van der Waals surface area contributed by atoms with Crippen LogP contribution in [-0.4, -0.2) is 42.1 Å². The SMILES string of the molecule is COC(=O)c1sc(NC(=O)[C@@H]2[C@@H](C(=O)[O-])[C@H]3CC[C@@H]2O3)nc1C. The van der Waals surface area contributed by atoms with Crippen molar-refractivity contribution in [2.45, 2.75) is 32.0 Å². The van der Waals surface area contributed by atoms with Crippen LogP contribution >= 0.6 is 11.3 Å². The van der Waals surface area contributed by atoms with Gasteiger partial charge in [0.1, 0.15) is 4.88 Å². The third kappa shape index (κ3) is 2.70. The van der Waals surface area contributed by atoms with Crippen LogP contribution in [0, 0.1) is 18.8 Å². The van der Waals surface area contributed by atoms with Crippen molar-refractivity contribution >= 4 is 34.3 Å². The van der Waals surface area contributed by atoms with Crippen LogP contribution in [0.4, 0.5) is 5.13 Å². The van der Waals surface area contributed by atoms with Crippen LogP contribution < -0.4 is 10.4 Å². The maximum absolute atomic E-state index is 12.4. The van der Waals surface area contributed by atoms with Gasteiger partial charge in [-0.3, -0.25) is 4.79 Å². The lowest BCUT2D eigenvalue weighted by molar-refractivity contribution is -0.313. The maximum atomic E-state index is 12.4. The third-order valence-corrected chi connectivity index (χ3v) is 5.30. The van der Waals surface area contributed by atoms with E-state index in [0.29, 0.717) is 23.4 Å². The van der Waals surface area contributed by atoms with Crippen LogP contribution in [0.25, 0.3) is 0 Å². The Labute approximate surface area is 135 Å². The van der Waals surface area contributed by atoms with E-state index in [4.69, 9.17) is 4.74 Å². The molecule has 0 aliphatic carbocycles. The van der Waals surface area contributed by atoms with E-state index >= 15 is 0 Å². The molecular formula is C14H15N2O6S-. The van der Waals surface area contributed by atoms with Crippen molar-refractivity contribution in [1.29, 1.82) is 0 Å². The van der Waals surface area contributed by atoms with Crippen LogP contribution in [0.2, 0.25) is 0 Å². The highest BCUT2D eigenvalue weighted by molar-refractivity contribution is 7.17. The molecule has 23 heavy (non-hydrogen) atoms. The minimum Gasteiger partial charge on any atom is -0.550 e. The van der Waals surface area contributed by atoms with Gasteiger partial charge in [0.05, 0.1) is 30.9 Å². The van der Waals surface area contributed by atoms with Crippen molar-refractivity contribution < 1.29 is 29.0 Å². The van der Waals surface area contributed by atoms with Crippen molar-refractivity contribution in [2.75, 3.05) is 12.4 Å². The van der Waals surface area contributed by atoms with Crippen LogP contribution in [-0.2, 0) is 19.1 Å². The first-order valence-corrected chi connectivity index (χ1v) is 7.97. The fourth-order valence-corrected chi connectivity index (χ4v) is 4.12. The Morgan fingerprint density at radius 2 is 1.96 bits per heavy atom. The number of nitrogens with zero attached hydrogens (tertiary/aromatic N) is 1. The topological polar surface area (TPSA) is 118 Å². The number of methoxy groups -OCH3 is 1. The Kier molecular flexibility index (Phi) is 4.07. The minimum absolute atomic E-state index is 0.229. The molecule has 2 aliphatic rings. The van der Waals surface area contributed by atoms with Gasteiger partial charge >= 0.3 is 5.97 Å². The summed E-state index contributed by atoms with van der Waals surface area (Å²) in [5.41, 5.74) is 0.442. The molecule has 3 heterocycles. The molecule has 8 nitrogen and oxygen atoms in total. The summed E-state index contributed by atoms with van der Waals surface area (Å²) >= 11 is 0.988. The maximum Gasteiger partial charge on any atom is 0.350 e. The van der Waals surface area contributed by atoms with E-state index in [9.17, 15) is 19.5 Å². The number of aryl methyl sites for hydroxylation is 1. The number of thiazole rings is 1. The number of carboxylic acid groups (broad SMARTS) is 1. The van der Waals surface area contributed by atoms with Crippen molar-refractivity contribution in [3.8, 4) is 0 Å². The first-order chi connectivity index (χ1) is 10.9. The van der Waals surface area contributed by atoms with Gasteiger partial charge < -0.3 is 24.7 Å². The molecule has 4 atom stereocenters. The molecule has 2 bridgehead atoms. The Morgan fingerprint density at radius 1 is 1.30 bits per heavy atom. The number of carbonyl (C=O) groups excluding carboxylic acids is 3. The summed E-state index contributed by atoms with van der Waals surface area (Å²) in [7, 11) is 1.26. The zero-order chi connectivity index (χ0) is 16.7. The highest BCUT2D eigenvalue weighted by Gasteiger charge is 2.52. The standard InChI is InChI=1S/C14H16N2O6S/c1-5-10(13(20)21-2)23-14(15-5)16-11(17)8-6-3-4-7(22-6)9(8)12(18)19/h6-9H,3-4H2,1-2H3,(H,18,19)(H,15,16,17)/p-1/t6-,7+,8-,9-/m0/s1. The fourth-order valence-electron chi connectivity index (χ4n) is 3.23. The number of aliphatic carboxylic acids is 1. The summed E-state index contributed by atoms with van der Waals surface area (Å²) in [6.07, 6.45) is 0.390. The van der Waals surface area contributed by atoms with Crippen LogP contribution in [0.1, 0.15) is 28.2 Å². The van der Waals surface area contributed by atoms with Crippen molar-refractivity contribution in [3.05, 3.63) is 10.6 Å². The molecule has 1 aromatic heterocycles. The largest absolute Gasteiger partial charge is 0.550 e. The number of ether oxygens (including phenoxy) is 2. The average Bonchev–Trinajstić information content (AvgIpc) is 3.19. The van der Waals surface area contributed by atoms with Gasteiger partial charge in [-0.2, -0.15) is 0 Å². The number of fused-ring (bicyclic) bond motifs is 2. The zero-order valence-corrected chi connectivity index (χ0v) is 13.3. The normalized spacial score (nSPS) is 28.6. The molecule has 2 saturated heterocycles. The molecule has 0 radical (unpaired) electrons. The van der Waals surface area contributed by atoms with E-state index in [0.717, 1.165) is 11.3 Å². The first kappa shape index (κ1) is 15.9. The van der Waals surface area contributed by atoms with Crippen LogP contribution in [0.3, 0.4) is 0 Å². The summed E-state index contributed by atoms with van der Waals surface area (Å²) in [5, 5.41) is 14.1. The molecule has 2 fully saturated rings. The second kappa shape index (κ2) is 5.89. The van der Waals surface area contributed by atoms with Gasteiger partial charge in [-0.05, 0) is 19.8 Å². The third-order valence-electron chi connectivity index (χ3n) is 4.25. The molecule has 9 heteroatoms. The highest BCUT2D eigenvalue weighted by atomic mass is 32.1. The summed E-state index contributed by atoms with van der Waals surface area (Å²) < 4.78 is 10.2. The molecule has 124 valence electrons. The molecular weight excluding hydrogens is 324 g/mol. The number of carboxylic acids is 1. The quantitative estimate of drug-likeness (QED) is 0.750. The lowest BCUT2D eigenvalue weighted by Gasteiger charge is -2.27. The monoisotopic (exact) mass is 339 g/mol. The number of carbonyl (C=O) groups is 3. The Bertz CT molecular complexity index is 672. The van der Waals surface area contributed by atoms with Gasteiger partial charge in [-0.25, -0.2) is 9.78 Å². The second-order valence-corrected chi connectivity index (χ2v) is 6.57. The molecule has 2 aliphatic heterocycles. The number of hydrogen-bond acceptors (Lipinski definition) is 8. The Hall–Kier alpha value is -2.00. The van der Waals surface area contributed by atoms with Gasteiger partial charge in [0.2, 0.25) is 5.91 Å². The number of hydrogen-bond donors (Lipinski definition) is 1.